The van der Waals surface area contributed by atoms with Crippen LogP contribution in [0.3, 0.4) is 0 Å². The van der Waals surface area contributed by atoms with Gasteiger partial charge in [0.05, 0.1) is 17.5 Å². The minimum Gasteiger partial charge on any atom is -0.489 e. The maximum Gasteiger partial charge on any atom is 0.201 e. The van der Waals surface area contributed by atoms with Crippen molar-refractivity contribution in [1.29, 1.82) is 0 Å². The molecule has 0 saturated carbocycles. The summed E-state index contributed by atoms with van der Waals surface area (Å²) in [5.41, 5.74) is 3.13. The fourth-order valence-electron chi connectivity index (χ4n) is 5.27. The van der Waals surface area contributed by atoms with Gasteiger partial charge < -0.3 is 9.30 Å². The molecule has 45 heavy (non-hydrogen) atoms. The maximum atomic E-state index is 14.9. The van der Waals surface area contributed by atoms with E-state index in [4.69, 9.17) is 4.74 Å². The summed E-state index contributed by atoms with van der Waals surface area (Å²) < 4.78 is 37.2. The molecule has 5 aromatic rings. The molecule has 2 aromatic heterocycles. The summed E-state index contributed by atoms with van der Waals surface area (Å²) in [6.45, 7) is 10.5. The number of halogens is 2. The molecule has 0 aliphatic heterocycles. The Morgan fingerprint density at radius 3 is 2.24 bits per heavy atom. The van der Waals surface area contributed by atoms with E-state index in [2.05, 4.69) is 11.5 Å². The van der Waals surface area contributed by atoms with Crippen molar-refractivity contribution in [1.82, 2.24) is 9.47 Å². The number of hydrogen-bond donors (Lipinski definition) is 0. The van der Waals surface area contributed by atoms with E-state index in [0.717, 1.165) is 27.1 Å². The third-order valence-corrected chi connectivity index (χ3v) is 8.83. The first kappa shape index (κ1) is 32.0. The Morgan fingerprint density at radius 1 is 0.956 bits per heavy atom. The Hall–Kier alpha value is -4.40. The first-order chi connectivity index (χ1) is 21.5. The standard InChI is InChI=1S/C37H36F2N2O3S/c1-23(2)22-44-27-16-14-26(15-17-27)36-29(19-40(5)18-25-10-7-6-8-11-25)33-35(43)30(34(42)24(3)4)21-41(37(33)45-36)20-28-31(38)12-9-13-32(28)39/h6-17,21,24H,1,18-20,22H2,2-5H3. The molecule has 5 nitrogen and oxygen atoms in total. The Bertz CT molecular complexity index is 1890. The number of aromatic nitrogens is 1. The number of Topliss-reactive ketones (excluding diaryl/α,β-unsaturated/α-hetero) is 1. The number of carbonyl (C=O) groups is 1. The average molecular weight is 627 g/mol. The third kappa shape index (κ3) is 7.13. The number of ether oxygens (including phenoxy) is 1. The van der Waals surface area contributed by atoms with Gasteiger partial charge in [-0.25, -0.2) is 8.78 Å². The molecule has 5 rings (SSSR count). The van der Waals surface area contributed by atoms with Crippen LogP contribution >= 0.6 is 11.3 Å². The van der Waals surface area contributed by atoms with Gasteiger partial charge in [0.15, 0.2) is 5.78 Å². The van der Waals surface area contributed by atoms with Crippen molar-refractivity contribution in [2.24, 2.45) is 5.92 Å². The lowest BCUT2D eigenvalue weighted by Crippen LogP contribution is -2.24. The van der Waals surface area contributed by atoms with Gasteiger partial charge in [-0.05, 0) is 72.6 Å². The van der Waals surface area contributed by atoms with Crippen molar-refractivity contribution >= 4 is 27.3 Å². The van der Waals surface area contributed by atoms with Crippen molar-refractivity contribution in [2.45, 2.75) is 40.4 Å². The highest BCUT2D eigenvalue weighted by atomic mass is 32.1. The number of fused-ring (bicyclic) bond motifs is 1. The van der Waals surface area contributed by atoms with Crippen LogP contribution in [-0.4, -0.2) is 28.9 Å². The molecular weight excluding hydrogens is 590 g/mol. The van der Waals surface area contributed by atoms with Crippen LogP contribution in [0, 0.1) is 17.6 Å². The number of ketones is 1. The maximum absolute atomic E-state index is 14.9. The summed E-state index contributed by atoms with van der Waals surface area (Å²) in [6.07, 6.45) is 1.46. The minimum atomic E-state index is -0.691. The first-order valence-electron chi connectivity index (χ1n) is 14.8. The molecule has 232 valence electrons. The normalized spacial score (nSPS) is 11.5. The van der Waals surface area contributed by atoms with Crippen LogP contribution in [0.15, 0.2) is 95.9 Å². The first-order valence-corrected chi connectivity index (χ1v) is 15.6. The molecule has 0 amide bonds. The summed E-state index contributed by atoms with van der Waals surface area (Å²) in [4.78, 5) is 31.1. The van der Waals surface area contributed by atoms with Crippen molar-refractivity contribution < 1.29 is 18.3 Å². The number of nitrogens with zero attached hydrogens (tertiary/aromatic N) is 2. The number of benzene rings is 3. The van der Waals surface area contributed by atoms with Gasteiger partial charge in [0, 0.05) is 35.6 Å². The molecule has 0 aliphatic rings. The van der Waals surface area contributed by atoms with Crippen molar-refractivity contribution in [3.63, 3.8) is 0 Å². The van der Waals surface area contributed by atoms with E-state index >= 15 is 0 Å². The summed E-state index contributed by atoms with van der Waals surface area (Å²) in [5.74, 6) is -1.46. The molecule has 0 saturated heterocycles. The topological polar surface area (TPSA) is 51.5 Å². The van der Waals surface area contributed by atoms with Crippen LogP contribution in [0.5, 0.6) is 5.75 Å². The van der Waals surface area contributed by atoms with Crippen molar-refractivity contribution in [2.75, 3.05) is 13.7 Å². The van der Waals surface area contributed by atoms with E-state index in [-0.39, 0.29) is 28.9 Å². The highest BCUT2D eigenvalue weighted by Crippen LogP contribution is 2.39. The number of hydrogen-bond acceptors (Lipinski definition) is 5. The number of thiophene rings is 1. The molecule has 0 N–H and O–H groups in total. The van der Waals surface area contributed by atoms with Gasteiger partial charge >= 0.3 is 0 Å². The lowest BCUT2D eigenvalue weighted by Gasteiger charge is -2.18. The Balaban J connectivity index is 1.72. The molecule has 0 unspecified atom stereocenters. The van der Waals surface area contributed by atoms with Crippen LogP contribution in [-0.2, 0) is 19.6 Å². The molecule has 0 spiro atoms. The van der Waals surface area contributed by atoms with Gasteiger partial charge in [0.1, 0.15) is 28.8 Å². The zero-order valence-corrected chi connectivity index (χ0v) is 26.7. The summed E-state index contributed by atoms with van der Waals surface area (Å²) in [7, 11) is 1.98. The van der Waals surface area contributed by atoms with Crippen LogP contribution in [0.1, 0.15) is 47.8 Å². The van der Waals surface area contributed by atoms with Gasteiger partial charge in [0.2, 0.25) is 5.43 Å². The molecule has 0 bridgehead atoms. The second kappa shape index (κ2) is 13.7. The number of carbonyl (C=O) groups excluding carboxylic acids is 1. The molecule has 2 heterocycles. The Labute approximate surface area is 266 Å². The quantitative estimate of drug-likeness (QED) is 0.103. The second-order valence-electron chi connectivity index (χ2n) is 11.7. The molecule has 0 fully saturated rings. The zero-order chi connectivity index (χ0) is 32.2. The lowest BCUT2D eigenvalue weighted by molar-refractivity contribution is 0.0937. The SMILES string of the molecule is C=C(C)COc1ccc(-c2sc3c(c2CN(C)Cc2ccccc2)c(=O)c(C(=O)C(C)C)cn3Cc2c(F)cccc2F)cc1. The average Bonchev–Trinajstić information content (AvgIpc) is 3.39. The van der Waals surface area contributed by atoms with Crippen molar-refractivity contribution in [3.8, 4) is 16.2 Å². The number of rotatable bonds is 12. The third-order valence-electron chi connectivity index (χ3n) is 7.51. The fourth-order valence-corrected chi connectivity index (χ4v) is 6.56. The molecular formula is C37H36F2N2O3S. The van der Waals surface area contributed by atoms with E-state index in [9.17, 15) is 18.4 Å². The highest BCUT2D eigenvalue weighted by molar-refractivity contribution is 7.22. The van der Waals surface area contributed by atoms with Crippen LogP contribution < -0.4 is 10.2 Å². The van der Waals surface area contributed by atoms with E-state index in [1.165, 1.54) is 35.7 Å². The fraction of sp³-hybridized carbons (Fsp3) is 0.243. The van der Waals surface area contributed by atoms with Gasteiger partial charge in [-0.1, -0.05) is 56.8 Å². The monoisotopic (exact) mass is 626 g/mol. The number of pyridine rings is 1. The van der Waals surface area contributed by atoms with Gasteiger partial charge in [0.25, 0.3) is 0 Å². The minimum absolute atomic E-state index is 0.00843. The zero-order valence-electron chi connectivity index (χ0n) is 25.9. The second-order valence-corrected chi connectivity index (χ2v) is 12.7. The lowest BCUT2D eigenvalue weighted by atomic mass is 9.99. The van der Waals surface area contributed by atoms with Gasteiger partial charge in [-0.2, -0.15) is 0 Å². The molecule has 0 radical (unpaired) electrons. The van der Waals surface area contributed by atoms with Crippen LogP contribution in [0.2, 0.25) is 0 Å². The molecule has 0 aliphatic carbocycles. The van der Waals surface area contributed by atoms with E-state index in [0.29, 0.717) is 35.7 Å². The van der Waals surface area contributed by atoms with E-state index in [1.54, 1.807) is 18.4 Å². The van der Waals surface area contributed by atoms with Crippen molar-refractivity contribution in [3.05, 3.63) is 135 Å². The van der Waals surface area contributed by atoms with Crippen LogP contribution in [0.4, 0.5) is 8.78 Å². The Morgan fingerprint density at radius 2 is 1.62 bits per heavy atom. The predicted octanol–water partition coefficient (Wildman–Crippen LogP) is 8.48. The van der Waals surface area contributed by atoms with Gasteiger partial charge in [-0.15, -0.1) is 11.3 Å². The Kier molecular flexibility index (Phi) is 9.75. The predicted molar refractivity (Wildman–Crippen MR) is 178 cm³/mol. The molecule has 0 atom stereocenters. The molecule has 8 heteroatoms. The summed E-state index contributed by atoms with van der Waals surface area (Å²) in [6, 6.07) is 21.4. The summed E-state index contributed by atoms with van der Waals surface area (Å²) >= 11 is 1.38. The van der Waals surface area contributed by atoms with Crippen LogP contribution in [0.25, 0.3) is 20.7 Å². The smallest absolute Gasteiger partial charge is 0.201 e. The highest BCUT2D eigenvalue weighted by Gasteiger charge is 2.26. The summed E-state index contributed by atoms with van der Waals surface area (Å²) in [5, 5.41) is 0.390. The van der Waals surface area contributed by atoms with E-state index < -0.39 is 17.6 Å². The van der Waals surface area contributed by atoms with Gasteiger partial charge in [-0.3, -0.25) is 14.5 Å². The van der Waals surface area contributed by atoms with E-state index in [1.807, 2.05) is 68.6 Å². The molecule has 3 aromatic carbocycles. The largest absolute Gasteiger partial charge is 0.489 e.